The molecule has 0 spiro atoms. The van der Waals surface area contributed by atoms with E-state index in [2.05, 4.69) is 0 Å². The van der Waals surface area contributed by atoms with E-state index >= 15 is 0 Å². The van der Waals surface area contributed by atoms with E-state index in [0.29, 0.717) is 18.1 Å². The van der Waals surface area contributed by atoms with Crippen LogP contribution in [0.1, 0.15) is 25.5 Å². The highest BCUT2D eigenvalue weighted by Gasteiger charge is 2.10. The van der Waals surface area contributed by atoms with E-state index in [-0.39, 0.29) is 0 Å². The molecule has 0 aliphatic rings. The summed E-state index contributed by atoms with van der Waals surface area (Å²) >= 11 is 5.56. The van der Waals surface area contributed by atoms with Crippen LogP contribution in [0.5, 0.6) is 11.5 Å². The number of aliphatic hydroxyl groups excluding tert-OH is 1. The average Bonchev–Trinajstić information content (AvgIpc) is 2.35. The molecular formula is C13H17ClO3. The second kappa shape index (κ2) is 6.52. The Kier molecular flexibility index (Phi) is 5.32. The summed E-state index contributed by atoms with van der Waals surface area (Å²) in [5.41, 5.74) is 3.11. The molecular weight excluding hydrogens is 240 g/mol. The van der Waals surface area contributed by atoms with Crippen molar-refractivity contribution in [3.05, 3.63) is 34.9 Å². The van der Waals surface area contributed by atoms with Gasteiger partial charge in [-0.05, 0) is 31.6 Å². The van der Waals surface area contributed by atoms with Gasteiger partial charge in [0.2, 0.25) is 0 Å². The molecule has 3 nitrogen and oxygen atoms in total. The van der Waals surface area contributed by atoms with Crippen molar-refractivity contribution in [2.75, 3.05) is 13.7 Å². The molecule has 0 aliphatic heterocycles. The summed E-state index contributed by atoms with van der Waals surface area (Å²) in [6, 6.07) is 5.33. The highest BCUT2D eigenvalue weighted by molar-refractivity contribution is 6.25. The van der Waals surface area contributed by atoms with Crippen molar-refractivity contribution in [2.45, 2.75) is 20.0 Å². The van der Waals surface area contributed by atoms with Crippen LogP contribution in [-0.2, 0) is 0 Å². The quantitative estimate of drug-likeness (QED) is 0.879. The molecule has 0 amide bonds. The predicted octanol–water partition coefficient (Wildman–Crippen LogP) is 3.27. The molecule has 0 saturated heterocycles. The second-order valence-electron chi connectivity index (χ2n) is 3.82. The summed E-state index contributed by atoms with van der Waals surface area (Å²) in [4.78, 5) is 0. The fraction of sp³-hybridized carbons (Fsp3) is 0.385. The predicted molar refractivity (Wildman–Crippen MR) is 68.7 cm³/mol. The maximum atomic E-state index is 9.63. The number of rotatable bonds is 5. The first-order valence-electron chi connectivity index (χ1n) is 5.33. The van der Waals surface area contributed by atoms with Crippen LogP contribution >= 0.6 is 11.6 Å². The van der Waals surface area contributed by atoms with E-state index in [1.54, 1.807) is 32.2 Å². The molecule has 0 saturated carbocycles. The van der Waals surface area contributed by atoms with Crippen LogP contribution < -0.4 is 9.47 Å². The second-order valence-corrected chi connectivity index (χ2v) is 4.04. The van der Waals surface area contributed by atoms with Gasteiger partial charge in [0.1, 0.15) is 18.1 Å². The number of hydrogen-bond donors (Lipinski definition) is 1. The van der Waals surface area contributed by atoms with Gasteiger partial charge in [0.05, 0.1) is 13.2 Å². The van der Waals surface area contributed by atoms with Crippen LogP contribution in [0.2, 0.25) is 0 Å². The molecule has 1 aromatic carbocycles. The summed E-state index contributed by atoms with van der Waals surface area (Å²) in [5, 5.41) is 9.63. The smallest absolute Gasteiger partial charge is 0.129 e. The molecule has 0 unspecified atom stereocenters. The lowest BCUT2D eigenvalue weighted by Gasteiger charge is -2.14. The summed E-state index contributed by atoms with van der Waals surface area (Å²) < 4.78 is 10.7. The largest absolute Gasteiger partial charge is 0.497 e. The minimum atomic E-state index is -0.587. The van der Waals surface area contributed by atoms with E-state index in [9.17, 15) is 5.11 Å². The van der Waals surface area contributed by atoms with Gasteiger partial charge in [0.15, 0.2) is 0 Å². The van der Waals surface area contributed by atoms with Gasteiger partial charge in [-0.15, -0.1) is 0 Å². The highest BCUT2D eigenvalue weighted by Crippen LogP contribution is 2.29. The molecule has 0 bridgehead atoms. The lowest BCUT2D eigenvalue weighted by Crippen LogP contribution is -2.03. The Morgan fingerprint density at radius 3 is 2.76 bits per heavy atom. The number of hydrogen-bond acceptors (Lipinski definition) is 3. The summed E-state index contributed by atoms with van der Waals surface area (Å²) in [6.45, 7) is 3.95. The topological polar surface area (TPSA) is 38.7 Å². The van der Waals surface area contributed by atoms with Gasteiger partial charge in [-0.3, -0.25) is 0 Å². The summed E-state index contributed by atoms with van der Waals surface area (Å²) in [5.74, 6) is 1.30. The summed E-state index contributed by atoms with van der Waals surface area (Å²) in [6.07, 6.45) is -0.587. The molecule has 1 rings (SSSR count). The van der Waals surface area contributed by atoms with Crippen molar-refractivity contribution in [1.82, 2.24) is 0 Å². The first kappa shape index (κ1) is 13.9. The molecule has 17 heavy (non-hydrogen) atoms. The Bertz CT molecular complexity index is 400. The van der Waals surface area contributed by atoms with Crippen LogP contribution in [0.15, 0.2) is 29.3 Å². The van der Waals surface area contributed by atoms with Crippen molar-refractivity contribution in [2.24, 2.45) is 0 Å². The average molecular weight is 257 g/mol. The van der Waals surface area contributed by atoms with Gasteiger partial charge < -0.3 is 14.6 Å². The van der Waals surface area contributed by atoms with Crippen LogP contribution in [0.3, 0.4) is 0 Å². The minimum absolute atomic E-state index is 0.385. The fourth-order valence-corrected chi connectivity index (χ4v) is 1.40. The number of methoxy groups -OCH3 is 1. The summed E-state index contributed by atoms with van der Waals surface area (Å²) in [7, 11) is 1.59. The van der Waals surface area contributed by atoms with Gasteiger partial charge in [-0.2, -0.15) is 0 Å². The van der Waals surface area contributed by atoms with Gasteiger partial charge in [0.25, 0.3) is 0 Å². The first-order chi connectivity index (χ1) is 8.08. The molecule has 0 heterocycles. The molecule has 0 fully saturated rings. The third-order valence-corrected chi connectivity index (χ3v) is 2.68. The van der Waals surface area contributed by atoms with Gasteiger partial charge in [-0.25, -0.2) is 0 Å². The SMILES string of the molecule is COc1ccc([C@H](C)O)c(OC/C(C)=C/Cl)c1. The fourth-order valence-electron chi connectivity index (χ4n) is 1.33. The van der Waals surface area contributed by atoms with Crippen LogP contribution in [0.4, 0.5) is 0 Å². The Balaban J connectivity index is 2.93. The number of ether oxygens (including phenoxy) is 2. The van der Waals surface area contributed by atoms with Crippen molar-refractivity contribution in [1.29, 1.82) is 0 Å². The minimum Gasteiger partial charge on any atom is -0.497 e. The van der Waals surface area contributed by atoms with Crippen molar-refractivity contribution in [3.63, 3.8) is 0 Å². The Labute approximate surface area is 107 Å². The lowest BCUT2D eigenvalue weighted by atomic mass is 10.1. The maximum Gasteiger partial charge on any atom is 0.129 e. The zero-order valence-electron chi connectivity index (χ0n) is 10.2. The molecule has 4 heteroatoms. The molecule has 94 valence electrons. The Morgan fingerprint density at radius 1 is 1.53 bits per heavy atom. The third-order valence-electron chi connectivity index (χ3n) is 2.31. The van der Waals surface area contributed by atoms with Gasteiger partial charge in [0, 0.05) is 17.2 Å². The van der Waals surface area contributed by atoms with Crippen LogP contribution in [-0.4, -0.2) is 18.8 Å². The lowest BCUT2D eigenvalue weighted by molar-refractivity contribution is 0.192. The normalized spacial score (nSPS) is 13.4. The van der Waals surface area contributed by atoms with Crippen LogP contribution in [0.25, 0.3) is 0 Å². The molecule has 1 N–H and O–H groups in total. The van der Waals surface area contributed by atoms with E-state index in [1.807, 2.05) is 6.92 Å². The standard InChI is InChI=1S/C13H17ClO3/c1-9(7-14)8-17-13-6-11(16-3)4-5-12(13)10(2)15/h4-7,10,15H,8H2,1-3H3/b9-7+/t10-/m0/s1. The van der Waals surface area contributed by atoms with Crippen LogP contribution in [0, 0.1) is 0 Å². The van der Waals surface area contributed by atoms with E-state index < -0.39 is 6.10 Å². The Morgan fingerprint density at radius 2 is 2.24 bits per heavy atom. The third kappa shape index (κ3) is 3.95. The molecule has 1 aromatic rings. The zero-order valence-corrected chi connectivity index (χ0v) is 11.0. The number of aliphatic hydroxyl groups is 1. The number of halogens is 1. The Hall–Kier alpha value is -1.19. The van der Waals surface area contributed by atoms with Gasteiger partial charge in [-0.1, -0.05) is 11.6 Å². The van der Waals surface area contributed by atoms with Crippen molar-refractivity contribution in [3.8, 4) is 11.5 Å². The van der Waals surface area contributed by atoms with Crippen molar-refractivity contribution < 1.29 is 14.6 Å². The van der Waals surface area contributed by atoms with E-state index in [4.69, 9.17) is 21.1 Å². The van der Waals surface area contributed by atoms with E-state index in [0.717, 1.165) is 11.1 Å². The first-order valence-corrected chi connectivity index (χ1v) is 5.76. The zero-order chi connectivity index (χ0) is 12.8. The highest BCUT2D eigenvalue weighted by atomic mass is 35.5. The molecule has 0 aliphatic carbocycles. The molecule has 1 atom stereocenters. The maximum absolute atomic E-state index is 9.63. The molecule has 0 radical (unpaired) electrons. The van der Waals surface area contributed by atoms with Gasteiger partial charge >= 0.3 is 0 Å². The number of benzene rings is 1. The monoisotopic (exact) mass is 256 g/mol. The van der Waals surface area contributed by atoms with Crippen molar-refractivity contribution >= 4 is 11.6 Å². The molecule has 0 aromatic heterocycles. The van der Waals surface area contributed by atoms with E-state index in [1.165, 1.54) is 5.54 Å².